The number of hydrogen-bond acceptors (Lipinski definition) is 6. The SMILES string of the molecule is CSCCn1c(=NC(=O)c2ccc(Br)s2)sc2cc3c(cc21)OCO3. The van der Waals surface area contributed by atoms with Gasteiger partial charge >= 0.3 is 0 Å². The zero-order valence-corrected chi connectivity index (χ0v) is 17.2. The topological polar surface area (TPSA) is 52.8 Å². The Morgan fingerprint density at radius 3 is 2.84 bits per heavy atom. The second-order valence-corrected chi connectivity index (χ2v) is 9.68. The number of carbonyl (C=O) groups is 1. The van der Waals surface area contributed by atoms with Crippen molar-refractivity contribution in [2.45, 2.75) is 6.54 Å². The molecule has 0 atom stereocenters. The lowest BCUT2D eigenvalue weighted by Crippen LogP contribution is -2.18. The zero-order chi connectivity index (χ0) is 17.4. The zero-order valence-electron chi connectivity index (χ0n) is 13.2. The maximum Gasteiger partial charge on any atom is 0.289 e. The number of ether oxygens (including phenoxy) is 2. The molecule has 3 aromatic rings. The molecule has 2 aromatic heterocycles. The van der Waals surface area contributed by atoms with E-state index in [1.165, 1.54) is 22.7 Å². The van der Waals surface area contributed by atoms with Gasteiger partial charge in [-0.05, 0) is 34.3 Å². The molecule has 0 aliphatic carbocycles. The van der Waals surface area contributed by atoms with E-state index < -0.39 is 0 Å². The molecule has 1 aliphatic rings. The number of fused-ring (bicyclic) bond motifs is 2. The summed E-state index contributed by atoms with van der Waals surface area (Å²) in [5.41, 5.74) is 1.02. The van der Waals surface area contributed by atoms with Gasteiger partial charge in [0.25, 0.3) is 5.91 Å². The number of halogens is 1. The number of carbonyl (C=O) groups excluding carboxylic acids is 1. The highest BCUT2D eigenvalue weighted by atomic mass is 79.9. The van der Waals surface area contributed by atoms with Crippen molar-refractivity contribution in [3.05, 3.63) is 37.7 Å². The highest BCUT2D eigenvalue weighted by molar-refractivity contribution is 9.11. The predicted octanol–water partition coefficient (Wildman–Crippen LogP) is 4.36. The maximum atomic E-state index is 12.5. The van der Waals surface area contributed by atoms with E-state index in [2.05, 4.69) is 31.7 Å². The number of aryl methyl sites for hydroxylation is 1. The van der Waals surface area contributed by atoms with Crippen molar-refractivity contribution in [2.24, 2.45) is 4.99 Å². The van der Waals surface area contributed by atoms with Crippen LogP contribution in [0.4, 0.5) is 0 Å². The standard InChI is InChI=1S/C16H13BrN2O3S3/c1-23-5-4-19-9-6-10-11(22-8-21-10)7-13(9)25-16(19)18-15(20)12-2-3-14(17)24-12/h2-3,6-7H,4-5,8H2,1H3. The average molecular weight is 457 g/mol. The predicted molar refractivity (Wildman–Crippen MR) is 106 cm³/mol. The first-order chi connectivity index (χ1) is 12.2. The van der Waals surface area contributed by atoms with Gasteiger partial charge in [-0.1, -0.05) is 11.3 Å². The van der Waals surface area contributed by atoms with E-state index in [0.717, 1.165) is 37.8 Å². The van der Waals surface area contributed by atoms with Gasteiger partial charge in [0, 0.05) is 24.4 Å². The lowest BCUT2D eigenvalue weighted by Gasteiger charge is -2.04. The molecule has 0 saturated heterocycles. The van der Waals surface area contributed by atoms with Crippen LogP contribution in [0.2, 0.25) is 0 Å². The molecule has 0 spiro atoms. The van der Waals surface area contributed by atoms with Crippen LogP contribution >= 0.6 is 50.4 Å². The van der Waals surface area contributed by atoms with Crippen LogP contribution < -0.4 is 14.3 Å². The van der Waals surface area contributed by atoms with Crippen molar-refractivity contribution < 1.29 is 14.3 Å². The Bertz CT molecular complexity index is 1020. The Labute approximate surface area is 164 Å². The fourth-order valence-corrected chi connectivity index (χ4v) is 5.22. The van der Waals surface area contributed by atoms with E-state index in [1.54, 1.807) is 17.8 Å². The van der Waals surface area contributed by atoms with Crippen molar-refractivity contribution >= 4 is 66.5 Å². The van der Waals surface area contributed by atoms with Gasteiger partial charge in [-0.3, -0.25) is 4.79 Å². The number of hydrogen-bond donors (Lipinski definition) is 0. The molecule has 25 heavy (non-hydrogen) atoms. The summed E-state index contributed by atoms with van der Waals surface area (Å²) in [5.74, 6) is 2.20. The van der Waals surface area contributed by atoms with Crippen LogP contribution in [0.25, 0.3) is 10.2 Å². The number of thiophene rings is 1. The molecular formula is C16H13BrN2O3S3. The molecule has 1 amide bonds. The van der Waals surface area contributed by atoms with Crippen LogP contribution in [-0.4, -0.2) is 29.3 Å². The Hall–Kier alpha value is -1.29. The Balaban J connectivity index is 1.84. The number of thiazole rings is 1. The molecule has 0 unspecified atom stereocenters. The van der Waals surface area contributed by atoms with E-state index in [4.69, 9.17) is 9.47 Å². The molecule has 3 heterocycles. The summed E-state index contributed by atoms with van der Waals surface area (Å²) < 4.78 is 15.0. The lowest BCUT2D eigenvalue weighted by atomic mass is 10.3. The molecule has 0 radical (unpaired) electrons. The molecule has 0 bridgehead atoms. The summed E-state index contributed by atoms with van der Waals surface area (Å²) in [4.78, 5) is 18.2. The summed E-state index contributed by atoms with van der Waals surface area (Å²) in [6.07, 6.45) is 2.06. The summed E-state index contributed by atoms with van der Waals surface area (Å²) >= 11 is 8.02. The van der Waals surface area contributed by atoms with E-state index in [-0.39, 0.29) is 12.7 Å². The normalized spacial score (nSPS) is 13.8. The van der Waals surface area contributed by atoms with Gasteiger partial charge in [0.05, 0.1) is 18.9 Å². The Morgan fingerprint density at radius 2 is 2.12 bits per heavy atom. The molecule has 0 saturated carbocycles. The van der Waals surface area contributed by atoms with Gasteiger partial charge in [-0.2, -0.15) is 16.8 Å². The van der Waals surface area contributed by atoms with Crippen LogP contribution in [0.3, 0.4) is 0 Å². The van der Waals surface area contributed by atoms with Crippen molar-refractivity contribution in [3.63, 3.8) is 0 Å². The maximum absolute atomic E-state index is 12.5. The van der Waals surface area contributed by atoms with Gasteiger partial charge in [0.15, 0.2) is 16.3 Å². The van der Waals surface area contributed by atoms with Crippen LogP contribution in [0.5, 0.6) is 11.5 Å². The van der Waals surface area contributed by atoms with Gasteiger partial charge in [0.1, 0.15) is 0 Å². The second-order valence-electron chi connectivity index (χ2n) is 5.22. The molecule has 0 N–H and O–H groups in total. The van der Waals surface area contributed by atoms with Crippen molar-refractivity contribution in [1.82, 2.24) is 4.57 Å². The summed E-state index contributed by atoms with van der Waals surface area (Å²) in [6.45, 7) is 1.03. The molecule has 5 nitrogen and oxygen atoms in total. The number of amides is 1. The number of nitrogens with zero attached hydrogens (tertiary/aromatic N) is 2. The summed E-state index contributed by atoms with van der Waals surface area (Å²) in [7, 11) is 0. The van der Waals surface area contributed by atoms with Crippen molar-refractivity contribution in [2.75, 3.05) is 18.8 Å². The van der Waals surface area contributed by atoms with Gasteiger partial charge < -0.3 is 14.0 Å². The third-order valence-corrected chi connectivity index (χ3v) is 6.92. The van der Waals surface area contributed by atoms with Crippen molar-refractivity contribution in [1.29, 1.82) is 0 Å². The fourth-order valence-electron chi connectivity index (χ4n) is 2.51. The molecule has 9 heteroatoms. The molecule has 130 valence electrons. The van der Waals surface area contributed by atoms with Gasteiger partial charge in [-0.15, -0.1) is 11.3 Å². The van der Waals surface area contributed by atoms with Crippen molar-refractivity contribution in [3.8, 4) is 11.5 Å². The van der Waals surface area contributed by atoms with E-state index >= 15 is 0 Å². The highest BCUT2D eigenvalue weighted by Gasteiger charge is 2.18. The number of benzene rings is 1. The molecule has 4 rings (SSSR count). The van der Waals surface area contributed by atoms with E-state index in [1.807, 2.05) is 18.2 Å². The fraction of sp³-hybridized carbons (Fsp3) is 0.250. The number of thioether (sulfide) groups is 1. The first-order valence-electron chi connectivity index (χ1n) is 7.42. The molecular weight excluding hydrogens is 444 g/mol. The van der Waals surface area contributed by atoms with E-state index in [9.17, 15) is 4.79 Å². The second kappa shape index (κ2) is 7.14. The Morgan fingerprint density at radius 1 is 1.32 bits per heavy atom. The van der Waals surface area contributed by atoms with E-state index in [0.29, 0.717) is 9.68 Å². The monoisotopic (exact) mass is 456 g/mol. The smallest absolute Gasteiger partial charge is 0.289 e. The summed E-state index contributed by atoms with van der Waals surface area (Å²) in [5, 5.41) is 0. The van der Waals surface area contributed by atoms with Crippen LogP contribution in [-0.2, 0) is 6.54 Å². The quantitative estimate of drug-likeness (QED) is 0.584. The van der Waals surface area contributed by atoms with Gasteiger partial charge in [0.2, 0.25) is 6.79 Å². The largest absolute Gasteiger partial charge is 0.454 e. The number of rotatable bonds is 4. The minimum atomic E-state index is -0.222. The minimum absolute atomic E-state index is 0.222. The van der Waals surface area contributed by atoms with Crippen LogP contribution in [0.1, 0.15) is 9.67 Å². The molecule has 1 aromatic carbocycles. The highest BCUT2D eigenvalue weighted by Crippen LogP contribution is 2.37. The first-order valence-corrected chi connectivity index (χ1v) is 11.2. The Kier molecular flexibility index (Phi) is 4.90. The molecule has 1 aliphatic heterocycles. The minimum Gasteiger partial charge on any atom is -0.454 e. The third kappa shape index (κ3) is 3.38. The summed E-state index contributed by atoms with van der Waals surface area (Å²) in [6, 6.07) is 7.58. The van der Waals surface area contributed by atoms with Crippen LogP contribution in [0, 0.1) is 0 Å². The average Bonchev–Trinajstić information content (AvgIpc) is 3.29. The molecule has 0 fully saturated rings. The number of aromatic nitrogens is 1. The van der Waals surface area contributed by atoms with Crippen LogP contribution in [0.15, 0.2) is 33.0 Å². The lowest BCUT2D eigenvalue weighted by molar-refractivity contribution is 0.100. The van der Waals surface area contributed by atoms with Gasteiger partial charge in [-0.25, -0.2) is 0 Å². The third-order valence-electron chi connectivity index (χ3n) is 3.68. The first kappa shape index (κ1) is 17.1.